The van der Waals surface area contributed by atoms with Gasteiger partial charge in [0.15, 0.2) is 11.5 Å². The van der Waals surface area contributed by atoms with E-state index in [4.69, 9.17) is 5.73 Å². The molecule has 1 aliphatic rings. The van der Waals surface area contributed by atoms with Gasteiger partial charge in [-0.25, -0.2) is 0 Å². The first-order chi connectivity index (χ1) is 10.4. The lowest BCUT2D eigenvalue weighted by Crippen LogP contribution is -2.40. The van der Waals surface area contributed by atoms with Gasteiger partial charge in [0.1, 0.15) is 0 Å². The van der Waals surface area contributed by atoms with Crippen LogP contribution >= 0.6 is 0 Å². The Morgan fingerprint density at radius 2 is 2.10 bits per heavy atom. The molecule has 106 valence electrons. The minimum Gasteiger partial charge on any atom is -0.346 e. The Bertz CT molecular complexity index is 782. The lowest BCUT2D eigenvalue weighted by molar-refractivity contribution is 0.574. The fourth-order valence-electron chi connectivity index (χ4n) is 2.97. The number of rotatable bonds is 2. The van der Waals surface area contributed by atoms with E-state index in [0.29, 0.717) is 12.2 Å². The molecule has 1 aromatic carbocycles. The summed E-state index contributed by atoms with van der Waals surface area (Å²) in [5, 5.41) is 15.8. The standard InChI is InChI=1S/C14H15N7/c15-9-12-11-4-2-1-3-10(11)7-8-20(12)14-6-5-13-16-18-19-21(13)17-14/h1-6,12H,7-9,15H2. The zero-order chi connectivity index (χ0) is 14.2. The van der Waals surface area contributed by atoms with Crippen LogP contribution in [0.4, 0.5) is 5.82 Å². The van der Waals surface area contributed by atoms with E-state index in [0.717, 1.165) is 18.8 Å². The largest absolute Gasteiger partial charge is 0.346 e. The second-order valence-electron chi connectivity index (χ2n) is 5.11. The molecular formula is C14H15N7. The molecule has 7 nitrogen and oxygen atoms in total. The molecule has 0 amide bonds. The SMILES string of the molecule is NCC1c2ccccc2CCN1c1ccc2nnnn2n1. The molecule has 2 aromatic heterocycles. The average Bonchev–Trinajstić information content (AvgIpc) is 3.01. The lowest BCUT2D eigenvalue weighted by Gasteiger charge is -2.37. The third kappa shape index (κ3) is 1.93. The molecule has 0 aliphatic carbocycles. The van der Waals surface area contributed by atoms with Crippen molar-refractivity contribution < 1.29 is 0 Å². The van der Waals surface area contributed by atoms with E-state index in [9.17, 15) is 0 Å². The second-order valence-corrected chi connectivity index (χ2v) is 5.11. The number of benzene rings is 1. The molecule has 3 aromatic rings. The van der Waals surface area contributed by atoms with Crippen LogP contribution in [-0.2, 0) is 6.42 Å². The zero-order valence-electron chi connectivity index (χ0n) is 11.4. The van der Waals surface area contributed by atoms with E-state index in [-0.39, 0.29) is 6.04 Å². The fourth-order valence-corrected chi connectivity index (χ4v) is 2.97. The molecular weight excluding hydrogens is 266 g/mol. The first-order valence-corrected chi connectivity index (χ1v) is 6.97. The summed E-state index contributed by atoms with van der Waals surface area (Å²) < 4.78 is 1.45. The smallest absolute Gasteiger partial charge is 0.200 e. The summed E-state index contributed by atoms with van der Waals surface area (Å²) in [6.45, 7) is 1.44. The van der Waals surface area contributed by atoms with Gasteiger partial charge in [-0.15, -0.1) is 14.8 Å². The quantitative estimate of drug-likeness (QED) is 0.739. The third-order valence-electron chi connectivity index (χ3n) is 3.99. The number of hydrogen-bond acceptors (Lipinski definition) is 6. The van der Waals surface area contributed by atoms with Crippen LogP contribution < -0.4 is 10.6 Å². The topological polar surface area (TPSA) is 85.2 Å². The van der Waals surface area contributed by atoms with Gasteiger partial charge in [-0.3, -0.25) is 0 Å². The van der Waals surface area contributed by atoms with Crippen LogP contribution in [0.3, 0.4) is 0 Å². The van der Waals surface area contributed by atoms with Crippen molar-refractivity contribution in [1.29, 1.82) is 0 Å². The van der Waals surface area contributed by atoms with Crippen LogP contribution in [0, 0.1) is 0 Å². The number of nitrogens with zero attached hydrogens (tertiary/aromatic N) is 6. The number of tetrazole rings is 1. The van der Waals surface area contributed by atoms with Crippen molar-refractivity contribution in [2.24, 2.45) is 5.73 Å². The van der Waals surface area contributed by atoms with Crippen LogP contribution in [0.2, 0.25) is 0 Å². The highest BCUT2D eigenvalue weighted by Gasteiger charge is 2.27. The van der Waals surface area contributed by atoms with Crippen molar-refractivity contribution in [3.05, 3.63) is 47.5 Å². The Labute approximate surface area is 121 Å². The summed E-state index contributed by atoms with van der Waals surface area (Å²) in [7, 11) is 0. The molecule has 1 unspecified atom stereocenters. The minimum atomic E-state index is 0.136. The maximum atomic E-state index is 6.02. The predicted octanol–water partition coefficient (Wildman–Crippen LogP) is 0.582. The van der Waals surface area contributed by atoms with Gasteiger partial charge in [-0.2, -0.15) is 0 Å². The summed E-state index contributed by atoms with van der Waals surface area (Å²) in [4.78, 5) is 2.23. The molecule has 1 aliphatic heterocycles. The normalized spacial score (nSPS) is 18.0. The van der Waals surface area contributed by atoms with Crippen molar-refractivity contribution in [2.75, 3.05) is 18.0 Å². The molecule has 7 heteroatoms. The molecule has 4 rings (SSSR count). The Morgan fingerprint density at radius 3 is 3.00 bits per heavy atom. The number of fused-ring (bicyclic) bond motifs is 2. The molecule has 21 heavy (non-hydrogen) atoms. The molecule has 0 spiro atoms. The van der Waals surface area contributed by atoms with Crippen LogP contribution in [0.25, 0.3) is 5.65 Å². The maximum absolute atomic E-state index is 6.02. The second kappa shape index (κ2) is 4.78. The van der Waals surface area contributed by atoms with Crippen LogP contribution in [0.1, 0.15) is 17.2 Å². The van der Waals surface area contributed by atoms with E-state index in [1.165, 1.54) is 15.8 Å². The van der Waals surface area contributed by atoms with Crippen LogP contribution in [0.5, 0.6) is 0 Å². The zero-order valence-corrected chi connectivity index (χ0v) is 11.4. The van der Waals surface area contributed by atoms with Crippen LogP contribution in [0.15, 0.2) is 36.4 Å². The highest BCUT2D eigenvalue weighted by atomic mass is 15.6. The van der Waals surface area contributed by atoms with Crippen molar-refractivity contribution >= 4 is 11.5 Å². The van der Waals surface area contributed by atoms with Gasteiger partial charge in [-0.05, 0) is 40.1 Å². The highest BCUT2D eigenvalue weighted by Crippen LogP contribution is 2.31. The van der Waals surface area contributed by atoms with Gasteiger partial charge in [0.05, 0.1) is 6.04 Å². The molecule has 3 heterocycles. The number of aromatic nitrogens is 5. The lowest BCUT2D eigenvalue weighted by atomic mass is 9.92. The monoisotopic (exact) mass is 281 g/mol. The summed E-state index contributed by atoms with van der Waals surface area (Å²) in [5.74, 6) is 0.847. The van der Waals surface area contributed by atoms with Gasteiger partial charge in [0.25, 0.3) is 0 Å². The summed E-state index contributed by atoms with van der Waals surface area (Å²) >= 11 is 0. The molecule has 0 saturated heterocycles. The molecule has 0 fully saturated rings. The van der Waals surface area contributed by atoms with Gasteiger partial charge in [-0.1, -0.05) is 24.3 Å². The Hall–Kier alpha value is -2.54. The highest BCUT2D eigenvalue weighted by molar-refractivity contribution is 5.50. The Kier molecular flexibility index (Phi) is 2.78. The molecule has 0 radical (unpaired) electrons. The summed E-state index contributed by atoms with van der Waals surface area (Å²) in [6.07, 6.45) is 0.988. The molecule has 1 atom stereocenters. The van der Waals surface area contributed by atoms with Gasteiger partial charge in [0.2, 0.25) is 0 Å². The van der Waals surface area contributed by atoms with E-state index >= 15 is 0 Å². The Morgan fingerprint density at radius 1 is 1.19 bits per heavy atom. The average molecular weight is 281 g/mol. The van der Waals surface area contributed by atoms with Crippen molar-refractivity contribution in [1.82, 2.24) is 25.3 Å². The van der Waals surface area contributed by atoms with E-state index in [1.54, 1.807) is 0 Å². The predicted molar refractivity (Wildman–Crippen MR) is 77.9 cm³/mol. The van der Waals surface area contributed by atoms with Gasteiger partial charge < -0.3 is 10.6 Å². The van der Waals surface area contributed by atoms with Crippen molar-refractivity contribution in [2.45, 2.75) is 12.5 Å². The van der Waals surface area contributed by atoms with Crippen molar-refractivity contribution in [3.63, 3.8) is 0 Å². The first-order valence-electron chi connectivity index (χ1n) is 6.97. The van der Waals surface area contributed by atoms with E-state index in [1.807, 2.05) is 12.1 Å². The molecule has 0 bridgehead atoms. The number of nitrogens with two attached hydrogens (primary N) is 1. The minimum absolute atomic E-state index is 0.136. The Balaban J connectivity index is 1.77. The van der Waals surface area contributed by atoms with Crippen molar-refractivity contribution in [3.8, 4) is 0 Å². The molecule has 2 N–H and O–H groups in total. The molecule has 0 saturated carbocycles. The number of anilines is 1. The summed E-state index contributed by atoms with van der Waals surface area (Å²) in [5.41, 5.74) is 9.31. The van der Waals surface area contributed by atoms with Crippen LogP contribution in [-0.4, -0.2) is 38.3 Å². The van der Waals surface area contributed by atoms with E-state index in [2.05, 4.69) is 49.8 Å². The number of hydrogen-bond donors (Lipinski definition) is 1. The maximum Gasteiger partial charge on any atom is 0.200 e. The van der Waals surface area contributed by atoms with Gasteiger partial charge in [0, 0.05) is 13.1 Å². The third-order valence-corrected chi connectivity index (χ3v) is 3.99. The fraction of sp³-hybridized carbons (Fsp3) is 0.286. The summed E-state index contributed by atoms with van der Waals surface area (Å²) in [6, 6.07) is 12.4. The van der Waals surface area contributed by atoms with Gasteiger partial charge >= 0.3 is 0 Å². The van der Waals surface area contributed by atoms with E-state index < -0.39 is 0 Å². The first kappa shape index (κ1) is 12.2.